The number of anilines is 1. The van der Waals surface area contributed by atoms with Crippen LogP contribution in [0.4, 0.5) is 13.9 Å². The summed E-state index contributed by atoms with van der Waals surface area (Å²) in [5.41, 5.74) is -0.508. The quantitative estimate of drug-likeness (QED) is 0.451. The lowest BCUT2D eigenvalue weighted by Gasteiger charge is -2.04. The van der Waals surface area contributed by atoms with Crippen LogP contribution in [0.3, 0.4) is 0 Å². The van der Waals surface area contributed by atoms with Crippen LogP contribution in [0.2, 0.25) is 5.02 Å². The van der Waals surface area contributed by atoms with Crippen LogP contribution in [0.15, 0.2) is 31.5 Å². The predicted octanol–water partition coefficient (Wildman–Crippen LogP) is 3.37. The average molecular weight is 481 g/mol. The number of amides is 1. The summed E-state index contributed by atoms with van der Waals surface area (Å²) in [7, 11) is 2.81. The number of aryl methyl sites for hydroxylation is 2. The van der Waals surface area contributed by atoms with Crippen LogP contribution in [0, 0.1) is 18.6 Å². The van der Waals surface area contributed by atoms with E-state index in [4.69, 9.17) is 16.0 Å². The first-order chi connectivity index (χ1) is 15.1. The van der Waals surface area contributed by atoms with Crippen LogP contribution >= 0.6 is 22.9 Å². The van der Waals surface area contributed by atoms with Crippen molar-refractivity contribution >= 4 is 45.1 Å². The van der Waals surface area contributed by atoms with Crippen molar-refractivity contribution in [1.82, 2.24) is 14.1 Å². The fraction of sp³-hybridized carbons (Fsp3) is 0.200. The van der Waals surface area contributed by atoms with E-state index in [1.54, 1.807) is 6.92 Å². The van der Waals surface area contributed by atoms with Crippen LogP contribution < -0.4 is 16.6 Å². The Balaban J connectivity index is 1.62. The minimum absolute atomic E-state index is 0.00534. The van der Waals surface area contributed by atoms with Crippen molar-refractivity contribution in [3.63, 3.8) is 0 Å². The zero-order valence-corrected chi connectivity index (χ0v) is 18.5. The smallest absolute Gasteiger partial charge is 0.333 e. The maximum Gasteiger partial charge on any atom is 0.333 e. The molecule has 166 valence electrons. The molecule has 0 atom stereocenters. The number of carbonyl (C=O) groups excluding carboxylic acids is 1. The Morgan fingerprint density at radius 3 is 2.69 bits per heavy atom. The highest BCUT2D eigenvalue weighted by atomic mass is 35.5. The van der Waals surface area contributed by atoms with E-state index in [2.05, 4.69) is 10.3 Å². The van der Waals surface area contributed by atoms with E-state index in [0.29, 0.717) is 11.3 Å². The van der Waals surface area contributed by atoms with E-state index in [0.717, 1.165) is 22.0 Å². The fourth-order valence-electron chi connectivity index (χ4n) is 3.30. The Hall–Kier alpha value is -3.31. The molecule has 1 N–H and O–H groups in total. The number of fused-ring (bicyclic) bond motifs is 1. The first kappa shape index (κ1) is 21.9. The third-order valence-electron chi connectivity index (χ3n) is 4.99. The molecular formula is C20H15ClF2N4O4S. The van der Waals surface area contributed by atoms with Gasteiger partial charge >= 0.3 is 5.69 Å². The van der Waals surface area contributed by atoms with E-state index in [9.17, 15) is 23.2 Å². The van der Waals surface area contributed by atoms with Gasteiger partial charge in [0.1, 0.15) is 22.0 Å². The molecule has 4 rings (SSSR count). The molecule has 1 amide bonds. The maximum absolute atomic E-state index is 14.2. The second-order valence-electron chi connectivity index (χ2n) is 7.01. The first-order valence-corrected chi connectivity index (χ1v) is 10.4. The highest BCUT2D eigenvalue weighted by Gasteiger charge is 2.22. The van der Waals surface area contributed by atoms with E-state index >= 15 is 0 Å². The molecule has 0 aliphatic rings. The van der Waals surface area contributed by atoms with Gasteiger partial charge in [-0.25, -0.2) is 18.6 Å². The summed E-state index contributed by atoms with van der Waals surface area (Å²) in [6.07, 6.45) is -0.210. The van der Waals surface area contributed by atoms with E-state index in [1.165, 1.54) is 30.1 Å². The second kappa shape index (κ2) is 7.99. The SMILES string of the molecule is Cc1oc2c(c1CC(=O)Nc1nc(-c3ccc(F)c(Cl)c3F)cs1)c(=O)n(C)c(=O)n2C. The molecule has 0 radical (unpaired) electrons. The highest BCUT2D eigenvalue weighted by molar-refractivity contribution is 7.14. The third-order valence-corrected chi connectivity index (χ3v) is 6.09. The second-order valence-corrected chi connectivity index (χ2v) is 8.24. The Morgan fingerprint density at radius 2 is 1.97 bits per heavy atom. The lowest BCUT2D eigenvalue weighted by molar-refractivity contribution is -0.115. The molecule has 0 fully saturated rings. The molecule has 0 bridgehead atoms. The van der Waals surface area contributed by atoms with Gasteiger partial charge in [0.2, 0.25) is 11.6 Å². The molecule has 0 spiro atoms. The van der Waals surface area contributed by atoms with Gasteiger partial charge in [0, 0.05) is 30.6 Å². The summed E-state index contributed by atoms with van der Waals surface area (Å²) >= 11 is 6.65. The van der Waals surface area contributed by atoms with Crippen molar-refractivity contribution in [2.24, 2.45) is 14.1 Å². The number of halogens is 3. The third kappa shape index (κ3) is 3.53. The highest BCUT2D eigenvalue weighted by Crippen LogP contribution is 2.32. The van der Waals surface area contributed by atoms with Gasteiger partial charge in [-0.3, -0.25) is 18.7 Å². The fourth-order valence-corrected chi connectivity index (χ4v) is 4.19. The molecule has 4 aromatic rings. The molecule has 0 saturated carbocycles. The van der Waals surface area contributed by atoms with E-state index in [-0.39, 0.29) is 33.9 Å². The van der Waals surface area contributed by atoms with Crippen molar-refractivity contribution in [3.05, 3.63) is 66.3 Å². The van der Waals surface area contributed by atoms with Crippen molar-refractivity contribution < 1.29 is 18.0 Å². The molecule has 3 heterocycles. The Kier molecular flexibility index (Phi) is 5.47. The molecule has 0 aliphatic carbocycles. The number of nitrogens with zero attached hydrogens (tertiary/aromatic N) is 3. The molecule has 0 unspecified atom stereocenters. The molecule has 8 nitrogen and oxygen atoms in total. The van der Waals surface area contributed by atoms with Gasteiger partial charge < -0.3 is 9.73 Å². The largest absolute Gasteiger partial charge is 0.444 e. The molecule has 0 aliphatic heterocycles. The normalized spacial score (nSPS) is 11.3. The van der Waals surface area contributed by atoms with Gasteiger partial charge in [-0.2, -0.15) is 0 Å². The monoisotopic (exact) mass is 480 g/mol. The molecule has 1 aromatic carbocycles. The summed E-state index contributed by atoms with van der Waals surface area (Å²) in [6.45, 7) is 1.59. The van der Waals surface area contributed by atoms with Crippen molar-refractivity contribution in [2.45, 2.75) is 13.3 Å². The molecule has 3 aromatic heterocycles. The zero-order chi connectivity index (χ0) is 23.3. The summed E-state index contributed by atoms with van der Waals surface area (Å²) < 4.78 is 35.3. The number of aromatic nitrogens is 3. The number of nitrogens with one attached hydrogen (secondary N) is 1. The minimum Gasteiger partial charge on any atom is -0.444 e. The predicted molar refractivity (Wildman–Crippen MR) is 116 cm³/mol. The van der Waals surface area contributed by atoms with Gasteiger partial charge in [-0.05, 0) is 19.1 Å². The van der Waals surface area contributed by atoms with Crippen LogP contribution in [-0.2, 0) is 25.3 Å². The van der Waals surface area contributed by atoms with Gasteiger partial charge in [0.15, 0.2) is 10.9 Å². The lowest BCUT2D eigenvalue weighted by atomic mass is 10.1. The number of benzene rings is 1. The summed E-state index contributed by atoms with van der Waals surface area (Å²) in [5.74, 6) is -2.00. The number of rotatable bonds is 4. The molecule has 12 heteroatoms. The van der Waals surface area contributed by atoms with Gasteiger partial charge in [-0.15, -0.1) is 11.3 Å². The van der Waals surface area contributed by atoms with Gasteiger partial charge in [0.25, 0.3) is 5.56 Å². The lowest BCUT2D eigenvalue weighted by Crippen LogP contribution is -2.36. The summed E-state index contributed by atoms with van der Waals surface area (Å²) in [4.78, 5) is 41.5. The average Bonchev–Trinajstić information content (AvgIpc) is 3.34. The summed E-state index contributed by atoms with van der Waals surface area (Å²) in [6, 6.07) is 2.23. The number of hydrogen-bond acceptors (Lipinski definition) is 6. The van der Waals surface area contributed by atoms with Crippen molar-refractivity contribution in [1.29, 1.82) is 0 Å². The first-order valence-electron chi connectivity index (χ1n) is 9.17. The topological polar surface area (TPSA) is 99.1 Å². The maximum atomic E-state index is 14.2. The van der Waals surface area contributed by atoms with Crippen LogP contribution in [0.1, 0.15) is 11.3 Å². The standard InChI is InChI=1S/C20H15ClF2N4O4S/c1-8-10(14-17(29)26(2)20(30)27(3)18(14)31-8)6-13(28)25-19-24-12(7-32-19)9-4-5-11(22)15(21)16(9)23/h4-5,7H,6H2,1-3H3,(H,24,25,28). The van der Waals surface area contributed by atoms with E-state index in [1.807, 2.05) is 0 Å². The van der Waals surface area contributed by atoms with Crippen molar-refractivity contribution in [3.8, 4) is 11.3 Å². The minimum atomic E-state index is -0.947. The van der Waals surface area contributed by atoms with Crippen LogP contribution in [0.25, 0.3) is 22.4 Å². The van der Waals surface area contributed by atoms with Crippen molar-refractivity contribution in [2.75, 3.05) is 5.32 Å². The Morgan fingerprint density at radius 1 is 1.25 bits per heavy atom. The van der Waals surface area contributed by atoms with Crippen LogP contribution in [0.5, 0.6) is 0 Å². The number of carbonyl (C=O) groups is 1. The number of furan rings is 1. The van der Waals surface area contributed by atoms with Gasteiger partial charge in [0.05, 0.1) is 12.1 Å². The zero-order valence-electron chi connectivity index (χ0n) is 17.0. The Labute approximate surface area is 187 Å². The summed E-state index contributed by atoms with van der Waals surface area (Å²) in [5, 5.41) is 3.76. The number of hydrogen-bond donors (Lipinski definition) is 1. The molecule has 0 saturated heterocycles. The molecule has 32 heavy (non-hydrogen) atoms. The number of thiazole rings is 1. The van der Waals surface area contributed by atoms with E-state index < -0.39 is 33.8 Å². The van der Waals surface area contributed by atoms with Crippen LogP contribution in [-0.4, -0.2) is 20.0 Å². The Bertz CT molecular complexity index is 1520. The van der Waals surface area contributed by atoms with Gasteiger partial charge in [-0.1, -0.05) is 11.6 Å². The molecular weight excluding hydrogens is 466 g/mol.